The van der Waals surface area contributed by atoms with Crippen LogP contribution >= 0.6 is 0 Å². The Balaban J connectivity index is 1.63. The van der Waals surface area contributed by atoms with Crippen molar-refractivity contribution >= 4 is 17.0 Å². The van der Waals surface area contributed by atoms with Crippen LogP contribution in [0, 0.1) is 0 Å². The van der Waals surface area contributed by atoms with E-state index in [2.05, 4.69) is 0 Å². The first-order valence-corrected chi connectivity index (χ1v) is 8.92. The molecule has 0 unspecified atom stereocenters. The lowest BCUT2D eigenvalue weighted by Gasteiger charge is -2.06. The smallest absolute Gasteiger partial charge is 0.416 e. The lowest BCUT2D eigenvalue weighted by Crippen LogP contribution is -2.03. The summed E-state index contributed by atoms with van der Waals surface area (Å²) in [4.78, 5) is 0. The molecule has 1 heterocycles. The van der Waals surface area contributed by atoms with Crippen molar-refractivity contribution < 1.29 is 17.6 Å². The Morgan fingerprint density at radius 3 is 2.18 bits per heavy atom. The van der Waals surface area contributed by atoms with Gasteiger partial charge < -0.3 is 4.42 Å². The highest BCUT2D eigenvalue weighted by Gasteiger charge is 2.29. The number of benzene rings is 3. The Labute approximate surface area is 160 Å². The van der Waals surface area contributed by atoms with Crippen LogP contribution < -0.4 is 0 Å². The molecule has 0 atom stereocenters. The van der Waals surface area contributed by atoms with Crippen LogP contribution in [-0.4, -0.2) is 0 Å². The van der Waals surface area contributed by atoms with Gasteiger partial charge in [0.05, 0.1) is 5.56 Å². The molecule has 0 amide bonds. The Kier molecular flexibility index (Phi) is 4.78. The molecular weight excluding hydrogens is 361 g/mol. The molecule has 1 nitrogen and oxygen atoms in total. The number of hydrogen-bond acceptors (Lipinski definition) is 1. The molecule has 0 aliphatic carbocycles. The summed E-state index contributed by atoms with van der Waals surface area (Å²) in [6.45, 7) is 0. The van der Waals surface area contributed by atoms with Gasteiger partial charge in [-0.25, -0.2) is 0 Å². The second-order valence-electron chi connectivity index (χ2n) is 6.50. The van der Waals surface area contributed by atoms with Gasteiger partial charge in [0.1, 0.15) is 11.3 Å². The van der Waals surface area contributed by atoms with Crippen LogP contribution in [0.15, 0.2) is 89.4 Å². The SMILES string of the molecule is FC(F)(F)c1ccc(/C=C/Cc2c(-c3ccccc3)oc3ccccc23)cc1. The highest BCUT2D eigenvalue weighted by molar-refractivity contribution is 5.88. The van der Waals surface area contributed by atoms with Gasteiger partial charge in [-0.2, -0.15) is 13.2 Å². The van der Waals surface area contributed by atoms with Gasteiger partial charge in [0, 0.05) is 16.5 Å². The summed E-state index contributed by atoms with van der Waals surface area (Å²) in [6, 6.07) is 22.9. The third-order valence-corrected chi connectivity index (χ3v) is 4.60. The number of alkyl halides is 3. The number of halogens is 3. The summed E-state index contributed by atoms with van der Waals surface area (Å²) in [5.74, 6) is 0.818. The highest BCUT2D eigenvalue weighted by atomic mass is 19.4. The van der Waals surface area contributed by atoms with Crippen molar-refractivity contribution in [3.8, 4) is 11.3 Å². The van der Waals surface area contributed by atoms with Crippen molar-refractivity contribution in [2.45, 2.75) is 12.6 Å². The molecule has 4 aromatic rings. The Morgan fingerprint density at radius 2 is 1.46 bits per heavy atom. The topological polar surface area (TPSA) is 13.1 Å². The van der Waals surface area contributed by atoms with Crippen molar-refractivity contribution in [1.82, 2.24) is 0 Å². The quantitative estimate of drug-likeness (QED) is 0.361. The van der Waals surface area contributed by atoms with Gasteiger partial charge >= 0.3 is 6.18 Å². The van der Waals surface area contributed by atoms with E-state index < -0.39 is 11.7 Å². The number of furan rings is 1. The Morgan fingerprint density at radius 1 is 0.786 bits per heavy atom. The predicted molar refractivity (Wildman–Crippen MR) is 106 cm³/mol. The van der Waals surface area contributed by atoms with E-state index in [0.717, 1.165) is 45.6 Å². The van der Waals surface area contributed by atoms with Crippen molar-refractivity contribution in [3.05, 3.63) is 102 Å². The van der Waals surface area contributed by atoms with Crippen LogP contribution in [0.3, 0.4) is 0 Å². The van der Waals surface area contributed by atoms with E-state index in [1.165, 1.54) is 12.1 Å². The maximum atomic E-state index is 12.7. The summed E-state index contributed by atoms with van der Waals surface area (Å²) in [5.41, 5.74) is 2.96. The number of rotatable bonds is 4. The van der Waals surface area contributed by atoms with Crippen molar-refractivity contribution in [2.75, 3.05) is 0 Å². The zero-order valence-electron chi connectivity index (χ0n) is 14.9. The Bertz CT molecular complexity index is 1100. The predicted octanol–water partition coefficient (Wildman–Crippen LogP) is 7.37. The fourth-order valence-electron chi connectivity index (χ4n) is 3.22. The van der Waals surface area contributed by atoms with Gasteiger partial charge in [-0.15, -0.1) is 0 Å². The molecule has 0 spiro atoms. The van der Waals surface area contributed by atoms with Crippen molar-refractivity contribution in [3.63, 3.8) is 0 Å². The molecule has 0 aliphatic rings. The maximum Gasteiger partial charge on any atom is 0.416 e. The van der Waals surface area contributed by atoms with E-state index in [9.17, 15) is 13.2 Å². The first-order valence-electron chi connectivity index (χ1n) is 8.92. The maximum absolute atomic E-state index is 12.7. The summed E-state index contributed by atoms with van der Waals surface area (Å²) >= 11 is 0. The fraction of sp³-hybridized carbons (Fsp3) is 0.0833. The number of hydrogen-bond donors (Lipinski definition) is 0. The highest BCUT2D eigenvalue weighted by Crippen LogP contribution is 2.34. The van der Waals surface area contributed by atoms with Crippen LogP contribution in [0.2, 0.25) is 0 Å². The normalized spacial score (nSPS) is 12.1. The molecule has 4 rings (SSSR count). The second-order valence-corrected chi connectivity index (χ2v) is 6.50. The summed E-state index contributed by atoms with van der Waals surface area (Å²) < 4.78 is 44.1. The van der Waals surface area contributed by atoms with Crippen LogP contribution in [0.5, 0.6) is 0 Å². The zero-order chi connectivity index (χ0) is 19.6. The summed E-state index contributed by atoms with van der Waals surface area (Å²) in [6.07, 6.45) is 0.0772. The van der Waals surface area contributed by atoms with E-state index in [1.807, 2.05) is 66.7 Å². The molecular formula is C24H17F3O. The lowest BCUT2D eigenvalue weighted by molar-refractivity contribution is -0.137. The molecule has 1 aromatic heterocycles. The van der Waals surface area contributed by atoms with Crippen LogP contribution in [0.4, 0.5) is 13.2 Å². The van der Waals surface area contributed by atoms with Gasteiger partial charge in [0.15, 0.2) is 0 Å². The largest absolute Gasteiger partial charge is 0.456 e. The molecule has 0 radical (unpaired) electrons. The van der Waals surface area contributed by atoms with E-state index in [0.29, 0.717) is 6.42 Å². The minimum absolute atomic E-state index is 0.613. The molecule has 3 aromatic carbocycles. The molecule has 140 valence electrons. The third-order valence-electron chi connectivity index (χ3n) is 4.60. The minimum Gasteiger partial charge on any atom is -0.456 e. The van der Waals surface area contributed by atoms with Crippen LogP contribution in [-0.2, 0) is 12.6 Å². The first-order chi connectivity index (χ1) is 13.5. The lowest BCUT2D eigenvalue weighted by atomic mass is 10.0. The molecule has 0 bridgehead atoms. The average molecular weight is 378 g/mol. The molecule has 0 aliphatic heterocycles. The molecule has 28 heavy (non-hydrogen) atoms. The monoisotopic (exact) mass is 378 g/mol. The Hall–Kier alpha value is -3.27. The molecule has 0 N–H and O–H groups in total. The second kappa shape index (κ2) is 7.39. The summed E-state index contributed by atoms with van der Waals surface area (Å²) in [7, 11) is 0. The average Bonchev–Trinajstić information content (AvgIpc) is 3.07. The standard InChI is InChI=1S/C24H17F3O/c25-24(26,27)19-15-13-17(14-16-19)7-6-11-21-20-10-4-5-12-22(20)28-23(21)18-8-2-1-3-9-18/h1-10,12-16H,11H2/b7-6+. The van der Waals surface area contributed by atoms with Crippen LogP contribution in [0.25, 0.3) is 28.4 Å². The molecule has 4 heteroatoms. The molecule has 0 saturated heterocycles. The van der Waals surface area contributed by atoms with Gasteiger partial charge in [-0.1, -0.05) is 72.8 Å². The minimum atomic E-state index is -4.32. The first kappa shape index (κ1) is 18.1. The summed E-state index contributed by atoms with van der Waals surface area (Å²) in [5, 5.41) is 1.04. The van der Waals surface area contributed by atoms with E-state index in [1.54, 1.807) is 0 Å². The number of fused-ring (bicyclic) bond motifs is 1. The fourth-order valence-corrected chi connectivity index (χ4v) is 3.22. The molecule has 0 saturated carbocycles. The van der Waals surface area contributed by atoms with Crippen molar-refractivity contribution in [1.29, 1.82) is 0 Å². The molecule has 0 fully saturated rings. The van der Waals surface area contributed by atoms with E-state index >= 15 is 0 Å². The number of para-hydroxylation sites is 1. The van der Waals surface area contributed by atoms with E-state index in [4.69, 9.17) is 4.42 Å². The van der Waals surface area contributed by atoms with Crippen molar-refractivity contribution in [2.24, 2.45) is 0 Å². The van der Waals surface area contributed by atoms with Gasteiger partial charge in [-0.3, -0.25) is 0 Å². The van der Waals surface area contributed by atoms with E-state index in [-0.39, 0.29) is 0 Å². The number of allylic oxidation sites excluding steroid dienone is 1. The van der Waals surface area contributed by atoms with Crippen LogP contribution in [0.1, 0.15) is 16.7 Å². The van der Waals surface area contributed by atoms with Gasteiger partial charge in [0.2, 0.25) is 0 Å². The van der Waals surface area contributed by atoms with Gasteiger partial charge in [-0.05, 0) is 30.2 Å². The van der Waals surface area contributed by atoms with Gasteiger partial charge in [0.25, 0.3) is 0 Å². The third kappa shape index (κ3) is 3.72. The zero-order valence-corrected chi connectivity index (χ0v) is 14.9.